The summed E-state index contributed by atoms with van der Waals surface area (Å²) in [7, 11) is -2.72. The van der Waals surface area contributed by atoms with E-state index < -0.39 is 20.5 Å². The molecule has 0 unspecified atom stereocenters. The van der Waals surface area contributed by atoms with Crippen LogP contribution in [0.1, 0.15) is 75.7 Å². The fourth-order valence-corrected chi connectivity index (χ4v) is 12.3. The normalized spacial score (nSPS) is 13.9. The maximum absolute atomic E-state index is 12.3. The molecule has 0 aromatic carbocycles. The van der Waals surface area contributed by atoms with Crippen LogP contribution in [0.2, 0.25) is 15.1 Å². The van der Waals surface area contributed by atoms with Crippen LogP contribution >= 0.6 is 0 Å². The zero-order valence-corrected chi connectivity index (χ0v) is 17.9. The third kappa shape index (κ3) is 5.13. The van der Waals surface area contributed by atoms with Gasteiger partial charge in [-0.2, -0.15) is 0 Å². The lowest BCUT2D eigenvalue weighted by Crippen LogP contribution is -2.61. The van der Waals surface area contributed by atoms with Crippen molar-refractivity contribution in [1.29, 1.82) is 0 Å². The molecule has 0 aliphatic heterocycles. The van der Waals surface area contributed by atoms with E-state index in [1.807, 2.05) is 6.92 Å². The van der Waals surface area contributed by atoms with Crippen LogP contribution in [0.3, 0.4) is 0 Å². The molecule has 0 aromatic rings. The first-order chi connectivity index (χ1) is 10.6. The monoisotopic (exact) mass is 358 g/mol. The third-order valence-electron chi connectivity index (χ3n) is 4.05. The summed E-state index contributed by atoms with van der Waals surface area (Å²) in [5.74, 6) is 0. The van der Waals surface area contributed by atoms with Crippen molar-refractivity contribution in [2.75, 3.05) is 6.61 Å². The van der Waals surface area contributed by atoms with Crippen LogP contribution in [0.5, 0.6) is 0 Å². The Kier molecular flexibility index (Phi) is 7.36. The first kappa shape index (κ1) is 22.8. The number of carbonyl (C=O) groups excluding carboxylic acids is 2. The Morgan fingerprint density at radius 1 is 0.792 bits per heavy atom. The maximum Gasteiger partial charge on any atom is 0.452 e. The van der Waals surface area contributed by atoms with Gasteiger partial charge in [0.25, 0.3) is 8.32 Å². The molecule has 7 heteroatoms. The summed E-state index contributed by atoms with van der Waals surface area (Å²) in [6, 6.07) is 0. The SMILES string of the molecule is CCCOC(=O)N=NC(=O)O[Si](C(C)(C)C)(C(C)(C)C)C(C)(C)C. The zero-order chi connectivity index (χ0) is 19.4. The fraction of sp³-hybridized carbons (Fsp3) is 0.882. The average Bonchev–Trinajstić information content (AvgIpc) is 2.35. The molecule has 0 rings (SSSR count). The number of ether oxygens (including phenoxy) is 1. The van der Waals surface area contributed by atoms with Gasteiger partial charge in [-0.05, 0) is 21.5 Å². The quantitative estimate of drug-likeness (QED) is 0.428. The summed E-state index contributed by atoms with van der Waals surface area (Å²) in [5.41, 5.74) is 0. The molecule has 0 saturated carbocycles. The minimum Gasteiger partial charge on any atom is -0.499 e. The highest BCUT2D eigenvalue weighted by Gasteiger charge is 2.64. The van der Waals surface area contributed by atoms with Crippen molar-refractivity contribution < 1.29 is 18.8 Å². The van der Waals surface area contributed by atoms with E-state index in [0.29, 0.717) is 6.42 Å². The highest BCUT2D eigenvalue weighted by atomic mass is 28.4. The van der Waals surface area contributed by atoms with E-state index in [9.17, 15) is 9.59 Å². The lowest BCUT2D eigenvalue weighted by molar-refractivity contribution is 0.153. The van der Waals surface area contributed by atoms with Crippen molar-refractivity contribution in [3.63, 3.8) is 0 Å². The lowest BCUT2D eigenvalue weighted by Gasteiger charge is -2.56. The van der Waals surface area contributed by atoms with Crippen LogP contribution in [0, 0.1) is 0 Å². The molecule has 0 fully saturated rings. The summed E-state index contributed by atoms with van der Waals surface area (Å²) in [6.45, 7) is 21.0. The van der Waals surface area contributed by atoms with Gasteiger partial charge in [-0.1, -0.05) is 79.5 Å². The molecular weight excluding hydrogens is 324 g/mol. The van der Waals surface area contributed by atoms with Crippen LogP contribution in [-0.2, 0) is 9.16 Å². The molecule has 0 aromatic heterocycles. The molecule has 0 atom stereocenters. The lowest BCUT2D eigenvalue weighted by atomic mass is 10.2. The smallest absolute Gasteiger partial charge is 0.452 e. The van der Waals surface area contributed by atoms with E-state index in [1.165, 1.54) is 0 Å². The number of carbonyl (C=O) groups is 2. The van der Waals surface area contributed by atoms with E-state index in [0.717, 1.165) is 0 Å². The Balaban J connectivity index is 5.63. The predicted molar refractivity (Wildman–Crippen MR) is 97.9 cm³/mol. The van der Waals surface area contributed by atoms with Crippen molar-refractivity contribution >= 4 is 20.5 Å². The van der Waals surface area contributed by atoms with Crippen molar-refractivity contribution in [3.05, 3.63) is 0 Å². The van der Waals surface area contributed by atoms with Crippen molar-refractivity contribution in [1.82, 2.24) is 0 Å². The van der Waals surface area contributed by atoms with Crippen LogP contribution < -0.4 is 0 Å². The molecule has 0 spiro atoms. The Hall–Kier alpha value is -1.24. The molecule has 2 amide bonds. The van der Waals surface area contributed by atoms with Gasteiger partial charge >= 0.3 is 12.2 Å². The molecule has 24 heavy (non-hydrogen) atoms. The second-order valence-corrected chi connectivity index (χ2v) is 15.2. The fourth-order valence-electron chi connectivity index (χ4n) is 4.29. The highest BCUT2D eigenvalue weighted by molar-refractivity contribution is 6.83. The van der Waals surface area contributed by atoms with Crippen molar-refractivity contribution in [2.24, 2.45) is 10.2 Å². The first-order valence-corrected chi connectivity index (χ1v) is 10.3. The molecule has 0 aliphatic rings. The minimum absolute atomic E-state index is 0.225. The van der Waals surface area contributed by atoms with Gasteiger partial charge in [0, 0.05) is 0 Å². The summed E-state index contributed by atoms with van der Waals surface area (Å²) < 4.78 is 10.8. The van der Waals surface area contributed by atoms with E-state index in [2.05, 4.69) is 72.5 Å². The Morgan fingerprint density at radius 2 is 1.17 bits per heavy atom. The van der Waals surface area contributed by atoms with Gasteiger partial charge in [0.2, 0.25) is 0 Å². The summed E-state index contributed by atoms with van der Waals surface area (Å²) in [6.07, 6.45) is -1.02. The molecule has 140 valence electrons. The third-order valence-corrected chi connectivity index (χ3v) is 10.9. The summed E-state index contributed by atoms with van der Waals surface area (Å²) in [5, 5.41) is 6.06. The Bertz CT molecular complexity index is 446. The number of azo groups is 1. The summed E-state index contributed by atoms with van der Waals surface area (Å²) in [4.78, 5) is 23.7. The molecule has 0 N–H and O–H groups in total. The van der Waals surface area contributed by atoms with Gasteiger partial charge in [-0.25, -0.2) is 9.59 Å². The number of amides is 2. The van der Waals surface area contributed by atoms with E-state index >= 15 is 0 Å². The van der Waals surface area contributed by atoms with Crippen LogP contribution in [0.15, 0.2) is 10.2 Å². The van der Waals surface area contributed by atoms with Gasteiger partial charge in [0.1, 0.15) is 0 Å². The Labute approximate surface area is 147 Å². The molecule has 0 saturated heterocycles. The zero-order valence-electron chi connectivity index (χ0n) is 16.9. The average molecular weight is 359 g/mol. The maximum atomic E-state index is 12.3. The van der Waals surface area contributed by atoms with Gasteiger partial charge in [0.05, 0.1) is 6.61 Å². The minimum atomic E-state index is -2.72. The van der Waals surface area contributed by atoms with Crippen LogP contribution in [0.4, 0.5) is 9.59 Å². The van der Waals surface area contributed by atoms with E-state index in [1.54, 1.807) is 0 Å². The Morgan fingerprint density at radius 3 is 1.50 bits per heavy atom. The molecule has 0 aliphatic carbocycles. The highest BCUT2D eigenvalue weighted by Crippen LogP contribution is 2.62. The van der Waals surface area contributed by atoms with E-state index in [4.69, 9.17) is 9.16 Å². The molecular formula is C17H34N2O4Si. The van der Waals surface area contributed by atoms with Crippen molar-refractivity contribution in [2.45, 2.75) is 90.8 Å². The van der Waals surface area contributed by atoms with E-state index in [-0.39, 0.29) is 21.7 Å². The van der Waals surface area contributed by atoms with Crippen molar-refractivity contribution in [3.8, 4) is 0 Å². The van der Waals surface area contributed by atoms with Gasteiger partial charge in [-0.3, -0.25) is 0 Å². The first-order valence-electron chi connectivity index (χ1n) is 8.41. The number of rotatable bonds is 3. The van der Waals surface area contributed by atoms with Crippen LogP contribution in [-0.4, -0.2) is 27.1 Å². The second-order valence-electron chi connectivity index (χ2n) is 9.11. The number of hydrogen-bond acceptors (Lipinski definition) is 4. The second kappa shape index (κ2) is 7.76. The molecule has 0 radical (unpaired) electrons. The predicted octanol–water partition coefficient (Wildman–Crippen LogP) is 6.47. The van der Waals surface area contributed by atoms with Crippen LogP contribution in [0.25, 0.3) is 0 Å². The standard InChI is InChI=1S/C17H34N2O4Si/c1-11-12-22-13(20)18-19-14(21)23-24(15(2,3)4,16(5,6)7)17(8,9)10/h11-12H2,1-10H3. The number of hydrogen-bond donors (Lipinski definition) is 0. The molecule has 6 nitrogen and oxygen atoms in total. The molecule has 0 heterocycles. The largest absolute Gasteiger partial charge is 0.499 e. The topological polar surface area (TPSA) is 77.3 Å². The summed E-state index contributed by atoms with van der Waals surface area (Å²) >= 11 is 0. The van der Waals surface area contributed by atoms with Gasteiger partial charge in [0.15, 0.2) is 0 Å². The number of nitrogens with zero attached hydrogens (tertiary/aromatic N) is 2. The van der Waals surface area contributed by atoms with Gasteiger partial charge in [-0.15, -0.1) is 0 Å². The van der Waals surface area contributed by atoms with Gasteiger partial charge < -0.3 is 9.16 Å². The molecule has 0 bridgehead atoms.